The SMILES string of the molecule is O=C(c1ccc2c(Cl)ccnc2c1)N1CCNCC1. The van der Waals surface area contributed by atoms with Crippen molar-refractivity contribution in [3.8, 4) is 0 Å². The zero-order valence-corrected chi connectivity index (χ0v) is 11.2. The van der Waals surface area contributed by atoms with E-state index in [2.05, 4.69) is 10.3 Å². The third kappa shape index (κ3) is 2.41. The number of hydrogen-bond acceptors (Lipinski definition) is 3. The second-order valence-electron chi connectivity index (χ2n) is 4.57. The molecule has 2 aromatic rings. The number of piperazine rings is 1. The Kier molecular flexibility index (Phi) is 3.36. The van der Waals surface area contributed by atoms with Crippen molar-refractivity contribution >= 4 is 28.4 Å². The summed E-state index contributed by atoms with van der Waals surface area (Å²) in [7, 11) is 0. The molecule has 0 spiro atoms. The highest BCUT2D eigenvalue weighted by Gasteiger charge is 2.18. The molecule has 2 heterocycles. The molecule has 1 aliphatic heterocycles. The van der Waals surface area contributed by atoms with E-state index in [1.54, 1.807) is 12.3 Å². The number of nitrogens with zero attached hydrogens (tertiary/aromatic N) is 2. The van der Waals surface area contributed by atoms with Crippen LogP contribution in [0.4, 0.5) is 0 Å². The summed E-state index contributed by atoms with van der Waals surface area (Å²) in [4.78, 5) is 18.5. The first-order valence-electron chi connectivity index (χ1n) is 6.30. The summed E-state index contributed by atoms with van der Waals surface area (Å²) in [5.74, 6) is 0.0603. The molecular weight excluding hydrogens is 262 g/mol. The average molecular weight is 276 g/mol. The van der Waals surface area contributed by atoms with E-state index < -0.39 is 0 Å². The van der Waals surface area contributed by atoms with Crippen LogP contribution in [0.3, 0.4) is 0 Å². The molecule has 1 aliphatic rings. The molecule has 19 heavy (non-hydrogen) atoms. The minimum absolute atomic E-state index is 0.0603. The highest BCUT2D eigenvalue weighted by Crippen LogP contribution is 2.22. The number of carbonyl (C=O) groups is 1. The monoisotopic (exact) mass is 275 g/mol. The van der Waals surface area contributed by atoms with Crippen LogP contribution in [0.15, 0.2) is 30.5 Å². The first kappa shape index (κ1) is 12.4. The lowest BCUT2D eigenvalue weighted by Gasteiger charge is -2.27. The van der Waals surface area contributed by atoms with Gasteiger partial charge in [0, 0.05) is 43.3 Å². The summed E-state index contributed by atoms with van der Waals surface area (Å²) in [6, 6.07) is 7.24. The van der Waals surface area contributed by atoms with E-state index in [0.29, 0.717) is 10.6 Å². The lowest BCUT2D eigenvalue weighted by atomic mass is 10.1. The first-order chi connectivity index (χ1) is 9.25. The van der Waals surface area contributed by atoms with E-state index in [1.807, 2.05) is 23.1 Å². The number of halogens is 1. The number of fused-ring (bicyclic) bond motifs is 1. The number of rotatable bonds is 1. The van der Waals surface area contributed by atoms with Crippen molar-refractivity contribution in [2.75, 3.05) is 26.2 Å². The molecule has 0 saturated carbocycles. The first-order valence-corrected chi connectivity index (χ1v) is 6.68. The molecule has 3 rings (SSSR count). The van der Waals surface area contributed by atoms with Gasteiger partial charge in [-0.25, -0.2) is 0 Å². The highest BCUT2D eigenvalue weighted by atomic mass is 35.5. The van der Waals surface area contributed by atoms with Gasteiger partial charge in [-0.1, -0.05) is 17.7 Å². The summed E-state index contributed by atoms with van der Waals surface area (Å²) in [5.41, 5.74) is 1.43. The van der Waals surface area contributed by atoms with Crippen LogP contribution in [0.1, 0.15) is 10.4 Å². The van der Waals surface area contributed by atoms with E-state index in [1.165, 1.54) is 0 Å². The van der Waals surface area contributed by atoms with Gasteiger partial charge in [0.25, 0.3) is 5.91 Å². The minimum Gasteiger partial charge on any atom is -0.336 e. The van der Waals surface area contributed by atoms with E-state index in [4.69, 9.17) is 11.6 Å². The molecule has 1 N–H and O–H groups in total. The van der Waals surface area contributed by atoms with Gasteiger partial charge in [-0.2, -0.15) is 0 Å². The summed E-state index contributed by atoms with van der Waals surface area (Å²) in [5, 5.41) is 4.77. The van der Waals surface area contributed by atoms with Crippen molar-refractivity contribution in [3.63, 3.8) is 0 Å². The number of aromatic nitrogens is 1. The second kappa shape index (κ2) is 5.15. The molecular formula is C14H14ClN3O. The predicted octanol–water partition coefficient (Wildman–Crippen LogP) is 1.93. The maximum absolute atomic E-state index is 12.4. The van der Waals surface area contributed by atoms with Gasteiger partial charge in [0.2, 0.25) is 0 Å². The maximum Gasteiger partial charge on any atom is 0.254 e. The third-order valence-corrected chi connectivity index (χ3v) is 3.67. The Labute approximate surface area is 116 Å². The van der Waals surface area contributed by atoms with Gasteiger partial charge >= 0.3 is 0 Å². The van der Waals surface area contributed by atoms with Crippen LogP contribution in [0.25, 0.3) is 10.9 Å². The van der Waals surface area contributed by atoms with Crippen molar-refractivity contribution in [2.24, 2.45) is 0 Å². The molecule has 5 heteroatoms. The van der Waals surface area contributed by atoms with Gasteiger partial charge in [-0.05, 0) is 18.2 Å². The lowest BCUT2D eigenvalue weighted by molar-refractivity contribution is 0.0736. The van der Waals surface area contributed by atoms with E-state index in [-0.39, 0.29) is 5.91 Å². The largest absolute Gasteiger partial charge is 0.336 e. The number of pyridine rings is 1. The molecule has 1 saturated heterocycles. The standard InChI is InChI=1S/C14H14ClN3O/c15-12-3-4-17-13-9-10(1-2-11(12)13)14(19)18-7-5-16-6-8-18/h1-4,9,16H,5-8H2. The molecule has 1 aromatic carbocycles. The molecule has 0 bridgehead atoms. The van der Waals surface area contributed by atoms with Crippen LogP contribution in [0.2, 0.25) is 5.02 Å². The average Bonchev–Trinajstić information content (AvgIpc) is 2.47. The highest BCUT2D eigenvalue weighted by molar-refractivity contribution is 6.35. The summed E-state index contributed by atoms with van der Waals surface area (Å²) >= 11 is 6.09. The Morgan fingerprint density at radius 1 is 1.26 bits per heavy atom. The smallest absolute Gasteiger partial charge is 0.254 e. The minimum atomic E-state index is 0.0603. The Morgan fingerprint density at radius 3 is 2.84 bits per heavy atom. The molecule has 0 radical (unpaired) electrons. The van der Waals surface area contributed by atoms with Crippen LogP contribution < -0.4 is 5.32 Å². The van der Waals surface area contributed by atoms with Gasteiger partial charge in [0.05, 0.1) is 10.5 Å². The Bertz CT molecular complexity index is 623. The topological polar surface area (TPSA) is 45.2 Å². The number of carbonyl (C=O) groups excluding carboxylic acids is 1. The zero-order chi connectivity index (χ0) is 13.2. The normalized spacial score (nSPS) is 15.7. The van der Waals surface area contributed by atoms with Crippen LogP contribution in [0, 0.1) is 0 Å². The zero-order valence-electron chi connectivity index (χ0n) is 10.4. The molecule has 1 amide bonds. The Balaban J connectivity index is 1.94. The number of nitrogens with one attached hydrogen (secondary N) is 1. The lowest BCUT2D eigenvalue weighted by Crippen LogP contribution is -2.46. The van der Waals surface area contributed by atoms with Gasteiger partial charge in [-0.3, -0.25) is 9.78 Å². The summed E-state index contributed by atoms with van der Waals surface area (Å²) in [6.07, 6.45) is 1.66. The number of benzene rings is 1. The molecule has 0 unspecified atom stereocenters. The quantitative estimate of drug-likeness (QED) is 0.865. The second-order valence-corrected chi connectivity index (χ2v) is 4.97. The number of amides is 1. The predicted molar refractivity (Wildman–Crippen MR) is 75.5 cm³/mol. The number of hydrogen-bond donors (Lipinski definition) is 1. The van der Waals surface area contributed by atoms with Crippen molar-refractivity contribution in [2.45, 2.75) is 0 Å². The van der Waals surface area contributed by atoms with Gasteiger partial charge < -0.3 is 10.2 Å². The third-order valence-electron chi connectivity index (χ3n) is 3.34. The molecule has 1 aromatic heterocycles. The van der Waals surface area contributed by atoms with Crippen molar-refractivity contribution in [3.05, 3.63) is 41.0 Å². The van der Waals surface area contributed by atoms with Crippen LogP contribution in [-0.4, -0.2) is 42.0 Å². The van der Waals surface area contributed by atoms with Crippen LogP contribution in [-0.2, 0) is 0 Å². The van der Waals surface area contributed by atoms with E-state index in [9.17, 15) is 4.79 Å². The van der Waals surface area contributed by atoms with Crippen molar-refractivity contribution in [1.82, 2.24) is 15.2 Å². The van der Waals surface area contributed by atoms with Crippen molar-refractivity contribution < 1.29 is 4.79 Å². The van der Waals surface area contributed by atoms with E-state index in [0.717, 1.165) is 37.1 Å². The van der Waals surface area contributed by atoms with Gasteiger partial charge in [0.15, 0.2) is 0 Å². The van der Waals surface area contributed by atoms with Gasteiger partial charge in [0.1, 0.15) is 0 Å². The fourth-order valence-electron chi connectivity index (χ4n) is 2.30. The fraction of sp³-hybridized carbons (Fsp3) is 0.286. The molecule has 0 atom stereocenters. The summed E-state index contributed by atoms with van der Waals surface area (Å²) < 4.78 is 0. The summed E-state index contributed by atoms with van der Waals surface area (Å²) in [6.45, 7) is 3.20. The van der Waals surface area contributed by atoms with Crippen molar-refractivity contribution in [1.29, 1.82) is 0 Å². The van der Waals surface area contributed by atoms with Gasteiger partial charge in [-0.15, -0.1) is 0 Å². The van der Waals surface area contributed by atoms with Crippen LogP contribution in [0.5, 0.6) is 0 Å². The Hall–Kier alpha value is -1.65. The molecule has 98 valence electrons. The maximum atomic E-state index is 12.4. The fourth-order valence-corrected chi connectivity index (χ4v) is 2.51. The van der Waals surface area contributed by atoms with Crippen LogP contribution >= 0.6 is 11.6 Å². The molecule has 4 nitrogen and oxygen atoms in total. The molecule has 0 aliphatic carbocycles. The van der Waals surface area contributed by atoms with E-state index >= 15 is 0 Å². The Morgan fingerprint density at radius 2 is 2.05 bits per heavy atom. The molecule has 1 fully saturated rings.